The first-order chi connectivity index (χ1) is 13.9. The highest BCUT2D eigenvalue weighted by molar-refractivity contribution is 7.91. The number of Topliss-reactive ketones (excluding diaryl/α,β-unsaturated/α-hetero) is 1. The lowest BCUT2D eigenvalue weighted by molar-refractivity contribution is 0.0634. The third-order valence-electron chi connectivity index (χ3n) is 5.52. The molecular weight excluding hydrogens is 414 g/mol. The monoisotopic (exact) mass is 431 g/mol. The second kappa shape index (κ2) is 6.86. The van der Waals surface area contributed by atoms with Gasteiger partial charge in [0.05, 0.1) is 22.6 Å². The molecule has 0 bridgehead atoms. The molecule has 0 amide bonds. The van der Waals surface area contributed by atoms with Crippen molar-refractivity contribution in [1.82, 2.24) is 4.90 Å². The number of rotatable bonds is 2. The largest absolute Gasteiger partial charge is 0.478 e. The summed E-state index contributed by atoms with van der Waals surface area (Å²) in [6, 6.07) is 10.6. The molecule has 0 radical (unpaired) electrons. The van der Waals surface area contributed by atoms with Gasteiger partial charge in [-0.3, -0.25) is 9.69 Å². The van der Waals surface area contributed by atoms with Crippen molar-refractivity contribution in [3.63, 3.8) is 0 Å². The van der Waals surface area contributed by atoms with Crippen molar-refractivity contribution < 1.29 is 22.7 Å². The molecule has 150 valence electrons. The van der Waals surface area contributed by atoms with Crippen molar-refractivity contribution >= 4 is 33.3 Å². The number of hydrogen-bond acceptors (Lipinski definition) is 6. The second-order valence-corrected chi connectivity index (χ2v) is 10.2. The van der Waals surface area contributed by atoms with Crippen molar-refractivity contribution in [2.75, 3.05) is 18.2 Å². The average Bonchev–Trinajstić information content (AvgIpc) is 3.21. The molecule has 1 atom stereocenters. The number of benzene rings is 2. The van der Waals surface area contributed by atoms with Crippen LogP contribution in [-0.4, -0.2) is 43.4 Å². The maximum atomic E-state index is 12.8. The van der Waals surface area contributed by atoms with Gasteiger partial charge in [0.25, 0.3) is 0 Å². The van der Waals surface area contributed by atoms with Crippen LogP contribution < -0.4 is 9.47 Å². The Morgan fingerprint density at radius 1 is 1.21 bits per heavy atom. The normalized spacial score (nSPS) is 24.1. The zero-order valence-corrected chi connectivity index (χ0v) is 17.0. The Morgan fingerprint density at radius 2 is 2.07 bits per heavy atom. The standard InChI is InChI=1S/C21H18ClNO5S/c22-14-3-1-2-13(8-14)9-19-20(24)16-4-5-18-17(21(16)28-19)10-23(12-27-18)15-6-7-29(25,26)11-15/h1-5,8-9,15H,6-7,10-12H2. The van der Waals surface area contributed by atoms with Gasteiger partial charge in [-0.1, -0.05) is 23.7 Å². The maximum absolute atomic E-state index is 12.8. The van der Waals surface area contributed by atoms with Gasteiger partial charge in [-0.15, -0.1) is 0 Å². The van der Waals surface area contributed by atoms with Crippen LogP contribution in [0.1, 0.15) is 27.9 Å². The quantitative estimate of drug-likeness (QED) is 0.679. The highest BCUT2D eigenvalue weighted by Gasteiger charge is 2.38. The molecule has 1 fully saturated rings. The highest BCUT2D eigenvalue weighted by Crippen LogP contribution is 2.42. The third-order valence-corrected chi connectivity index (χ3v) is 7.50. The lowest BCUT2D eigenvalue weighted by Gasteiger charge is -2.33. The summed E-state index contributed by atoms with van der Waals surface area (Å²) in [4.78, 5) is 14.8. The van der Waals surface area contributed by atoms with E-state index in [4.69, 9.17) is 21.1 Å². The number of halogens is 1. The Labute approximate surface area is 173 Å². The van der Waals surface area contributed by atoms with Crippen molar-refractivity contribution in [3.05, 3.63) is 63.9 Å². The number of sulfone groups is 1. The van der Waals surface area contributed by atoms with Gasteiger partial charge in [0.15, 0.2) is 15.6 Å². The molecule has 0 N–H and O–H groups in total. The fraction of sp³-hybridized carbons (Fsp3) is 0.286. The van der Waals surface area contributed by atoms with Crippen LogP contribution in [0.15, 0.2) is 42.2 Å². The molecule has 2 aromatic rings. The van der Waals surface area contributed by atoms with Crippen LogP contribution in [0.2, 0.25) is 5.02 Å². The predicted molar refractivity (Wildman–Crippen MR) is 109 cm³/mol. The molecule has 0 aliphatic carbocycles. The minimum atomic E-state index is -2.99. The van der Waals surface area contributed by atoms with E-state index < -0.39 is 9.84 Å². The van der Waals surface area contributed by atoms with Gasteiger partial charge in [0.1, 0.15) is 18.2 Å². The van der Waals surface area contributed by atoms with Crippen molar-refractivity contribution in [3.8, 4) is 11.5 Å². The molecule has 3 heterocycles. The van der Waals surface area contributed by atoms with Crippen molar-refractivity contribution in [2.45, 2.75) is 19.0 Å². The van der Waals surface area contributed by atoms with Crippen LogP contribution in [0, 0.1) is 0 Å². The number of allylic oxidation sites excluding steroid dienone is 1. The SMILES string of the molecule is O=C1C(=Cc2cccc(Cl)c2)Oc2c1ccc1c2CN(C2CCS(=O)(=O)C2)CO1. The summed E-state index contributed by atoms with van der Waals surface area (Å²) in [5.41, 5.74) is 2.04. The summed E-state index contributed by atoms with van der Waals surface area (Å²) in [6.07, 6.45) is 2.27. The number of carbonyl (C=O) groups is 1. The topological polar surface area (TPSA) is 72.9 Å². The van der Waals surface area contributed by atoms with Crippen LogP contribution >= 0.6 is 11.6 Å². The van der Waals surface area contributed by atoms with Crippen LogP contribution in [0.3, 0.4) is 0 Å². The van der Waals surface area contributed by atoms with Crippen molar-refractivity contribution in [2.24, 2.45) is 0 Å². The number of nitrogens with zero attached hydrogens (tertiary/aromatic N) is 1. The van der Waals surface area contributed by atoms with E-state index in [1.807, 2.05) is 17.0 Å². The van der Waals surface area contributed by atoms with Crippen LogP contribution in [0.25, 0.3) is 6.08 Å². The van der Waals surface area contributed by atoms with E-state index >= 15 is 0 Å². The molecule has 0 saturated carbocycles. The lowest BCUT2D eigenvalue weighted by Crippen LogP contribution is -2.41. The Balaban J connectivity index is 1.46. The average molecular weight is 432 g/mol. The summed E-state index contributed by atoms with van der Waals surface area (Å²) in [5, 5.41) is 0.579. The summed E-state index contributed by atoms with van der Waals surface area (Å²) >= 11 is 6.03. The Morgan fingerprint density at radius 3 is 2.83 bits per heavy atom. The maximum Gasteiger partial charge on any atom is 0.231 e. The van der Waals surface area contributed by atoms with Crippen LogP contribution in [0.4, 0.5) is 0 Å². The second-order valence-electron chi connectivity index (χ2n) is 7.49. The molecule has 2 aromatic carbocycles. The summed E-state index contributed by atoms with van der Waals surface area (Å²) in [5.74, 6) is 1.54. The molecule has 6 nitrogen and oxygen atoms in total. The van der Waals surface area contributed by atoms with E-state index in [-0.39, 0.29) is 29.1 Å². The molecule has 8 heteroatoms. The Bertz CT molecular complexity index is 1160. The van der Waals surface area contributed by atoms with Crippen LogP contribution in [0.5, 0.6) is 11.5 Å². The van der Waals surface area contributed by atoms with E-state index in [1.165, 1.54) is 0 Å². The van der Waals surface area contributed by atoms with E-state index in [1.54, 1.807) is 30.3 Å². The lowest BCUT2D eigenvalue weighted by atomic mass is 10.0. The smallest absolute Gasteiger partial charge is 0.231 e. The molecule has 5 rings (SSSR count). The van der Waals surface area contributed by atoms with Gasteiger partial charge in [-0.05, 0) is 42.3 Å². The summed E-state index contributed by atoms with van der Waals surface area (Å²) in [6.45, 7) is 0.807. The first kappa shape index (κ1) is 18.7. The van der Waals surface area contributed by atoms with Gasteiger partial charge < -0.3 is 9.47 Å². The first-order valence-corrected chi connectivity index (χ1v) is 11.5. The molecule has 29 heavy (non-hydrogen) atoms. The number of hydrogen-bond donors (Lipinski definition) is 0. The zero-order valence-electron chi connectivity index (χ0n) is 15.4. The highest BCUT2D eigenvalue weighted by atomic mass is 35.5. The number of ether oxygens (including phenoxy) is 2. The summed E-state index contributed by atoms with van der Waals surface area (Å²) < 4.78 is 35.5. The first-order valence-electron chi connectivity index (χ1n) is 9.32. The third kappa shape index (κ3) is 3.43. The summed E-state index contributed by atoms with van der Waals surface area (Å²) in [7, 11) is -2.99. The number of ketones is 1. The molecule has 0 aromatic heterocycles. The van der Waals surface area contributed by atoms with Gasteiger partial charge >= 0.3 is 0 Å². The zero-order chi connectivity index (χ0) is 20.2. The molecule has 3 aliphatic rings. The number of fused-ring (bicyclic) bond motifs is 3. The molecule has 3 aliphatic heterocycles. The van der Waals surface area contributed by atoms with E-state index in [9.17, 15) is 13.2 Å². The number of carbonyl (C=O) groups excluding carboxylic acids is 1. The fourth-order valence-electron chi connectivity index (χ4n) is 4.02. The Kier molecular flexibility index (Phi) is 4.42. The van der Waals surface area contributed by atoms with Gasteiger partial charge in [-0.2, -0.15) is 0 Å². The van der Waals surface area contributed by atoms with E-state index in [0.29, 0.717) is 41.8 Å². The van der Waals surface area contributed by atoms with E-state index in [2.05, 4.69) is 0 Å². The molecular formula is C21H18ClNO5S. The van der Waals surface area contributed by atoms with E-state index in [0.717, 1.165) is 11.1 Å². The fourth-order valence-corrected chi connectivity index (χ4v) is 5.98. The van der Waals surface area contributed by atoms with Crippen LogP contribution in [-0.2, 0) is 16.4 Å². The van der Waals surface area contributed by atoms with Gasteiger partial charge in [-0.25, -0.2) is 8.42 Å². The molecule has 1 unspecified atom stereocenters. The van der Waals surface area contributed by atoms with Gasteiger partial charge in [0.2, 0.25) is 5.78 Å². The Hall–Kier alpha value is -2.35. The van der Waals surface area contributed by atoms with Gasteiger partial charge in [0, 0.05) is 17.6 Å². The predicted octanol–water partition coefficient (Wildman–Crippen LogP) is 3.30. The minimum absolute atomic E-state index is 0.0809. The van der Waals surface area contributed by atoms with Crippen molar-refractivity contribution in [1.29, 1.82) is 0 Å². The molecule has 0 spiro atoms. The molecule has 1 saturated heterocycles. The minimum Gasteiger partial charge on any atom is -0.478 e.